The number of likely N-dealkylation sites (N-methyl/N-ethyl adjacent to an activating group) is 1. The lowest BCUT2D eigenvalue weighted by Crippen LogP contribution is -2.43. The molecule has 0 saturated carbocycles. The standard InChI is InChI=1S/C36H41N5O3/c1-22-14-24(3)40(37-22)20-28-16-26(8-12-34(28)43-6)18-30-32-10-11-33(39(32)5)31(36(30)42)19-27-9-13-35(44-7)29(17-27)21-41-25(4)15-23(2)38-41/h8-9,12-19,32-33H,10-11,20-21H2,1-7H3. The van der Waals surface area contributed by atoms with Crippen molar-refractivity contribution in [3.8, 4) is 11.5 Å². The zero-order valence-corrected chi connectivity index (χ0v) is 26.7. The highest BCUT2D eigenvalue weighted by Gasteiger charge is 2.44. The lowest BCUT2D eigenvalue weighted by molar-refractivity contribution is -0.114. The molecule has 0 aliphatic carbocycles. The zero-order valence-electron chi connectivity index (χ0n) is 26.7. The molecule has 8 heteroatoms. The smallest absolute Gasteiger partial charge is 0.188 e. The Morgan fingerprint density at radius 1 is 0.727 bits per heavy atom. The van der Waals surface area contributed by atoms with Gasteiger partial charge in [0.1, 0.15) is 11.5 Å². The van der Waals surface area contributed by atoms with Gasteiger partial charge in [-0.15, -0.1) is 0 Å². The molecule has 0 N–H and O–H groups in total. The van der Waals surface area contributed by atoms with Crippen LogP contribution >= 0.6 is 0 Å². The van der Waals surface area contributed by atoms with Crippen LogP contribution in [-0.4, -0.2) is 63.6 Å². The van der Waals surface area contributed by atoms with E-state index in [2.05, 4.69) is 72.4 Å². The van der Waals surface area contributed by atoms with E-state index in [1.54, 1.807) is 14.2 Å². The number of ketones is 1. The lowest BCUT2D eigenvalue weighted by atomic mass is 9.88. The molecule has 0 amide bonds. The third-order valence-corrected chi connectivity index (χ3v) is 9.04. The first-order valence-corrected chi connectivity index (χ1v) is 15.2. The van der Waals surface area contributed by atoms with Gasteiger partial charge in [0.15, 0.2) is 5.78 Å². The third kappa shape index (κ3) is 5.62. The highest BCUT2D eigenvalue weighted by atomic mass is 16.5. The number of aryl methyl sites for hydroxylation is 4. The minimum atomic E-state index is 0.101. The monoisotopic (exact) mass is 591 g/mol. The molecule has 44 heavy (non-hydrogen) atoms. The van der Waals surface area contributed by atoms with Gasteiger partial charge < -0.3 is 9.47 Å². The van der Waals surface area contributed by atoms with Gasteiger partial charge in [0, 0.05) is 45.7 Å². The SMILES string of the molecule is COc1ccc(C=C2C(=O)C(=Cc3ccc(OC)c(Cn4nc(C)cc4C)c3)C3CCC2N3C)cc1Cn1nc(C)cc1C. The van der Waals surface area contributed by atoms with Gasteiger partial charge in [-0.05, 0) is 107 Å². The Bertz CT molecular complexity index is 1670. The first-order chi connectivity index (χ1) is 21.1. The summed E-state index contributed by atoms with van der Waals surface area (Å²) in [5.74, 6) is 1.75. The van der Waals surface area contributed by atoms with E-state index in [1.165, 1.54) is 0 Å². The molecule has 0 spiro atoms. The summed E-state index contributed by atoms with van der Waals surface area (Å²) in [5, 5.41) is 9.28. The van der Waals surface area contributed by atoms with Crippen molar-refractivity contribution in [2.75, 3.05) is 21.3 Å². The van der Waals surface area contributed by atoms with Crippen LogP contribution in [0.1, 0.15) is 57.9 Å². The molecule has 2 unspecified atom stereocenters. The fourth-order valence-electron chi connectivity index (χ4n) is 6.86. The van der Waals surface area contributed by atoms with Gasteiger partial charge in [0.2, 0.25) is 0 Å². The van der Waals surface area contributed by atoms with Crippen LogP contribution in [0, 0.1) is 27.7 Å². The predicted octanol–water partition coefficient (Wildman–Crippen LogP) is 5.94. The number of nitrogens with zero attached hydrogens (tertiary/aromatic N) is 5. The van der Waals surface area contributed by atoms with Gasteiger partial charge in [-0.1, -0.05) is 12.1 Å². The van der Waals surface area contributed by atoms with E-state index in [1.807, 2.05) is 47.5 Å². The van der Waals surface area contributed by atoms with E-state index in [9.17, 15) is 4.79 Å². The summed E-state index contributed by atoms with van der Waals surface area (Å²) in [5.41, 5.74) is 9.87. The van der Waals surface area contributed by atoms with Crippen molar-refractivity contribution in [2.24, 2.45) is 0 Å². The lowest BCUT2D eigenvalue weighted by Gasteiger charge is -2.34. The zero-order chi connectivity index (χ0) is 31.1. The number of methoxy groups -OCH3 is 2. The number of carbonyl (C=O) groups is 1. The predicted molar refractivity (Wildman–Crippen MR) is 173 cm³/mol. The molecule has 4 heterocycles. The van der Waals surface area contributed by atoms with Crippen LogP contribution in [0.2, 0.25) is 0 Å². The van der Waals surface area contributed by atoms with Crippen LogP contribution in [0.5, 0.6) is 11.5 Å². The summed E-state index contributed by atoms with van der Waals surface area (Å²) < 4.78 is 15.4. The first kappa shape index (κ1) is 29.6. The number of hydrogen-bond acceptors (Lipinski definition) is 6. The number of piperidine rings is 1. The summed E-state index contributed by atoms with van der Waals surface area (Å²) in [6.45, 7) is 9.32. The summed E-state index contributed by atoms with van der Waals surface area (Å²) in [4.78, 5) is 16.6. The Kier molecular flexibility index (Phi) is 8.03. The van der Waals surface area contributed by atoms with E-state index in [0.29, 0.717) is 13.1 Å². The number of Topliss-reactive ketones (excluding diaryl/α,β-unsaturated/α-hetero) is 1. The Labute approximate surface area is 259 Å². The molecule has 2 atom stereocenters. The van der Waals surface area contributed by atoms with Crippen LogP contribution in [0.4, 0.5) is 0 Å². The molecule has 2 aliphatic rings. The van der Waals surface area contributed by atoms with Crippen molar-refractivity contribution < 1.29 is 14.3 Å². The summed E-state index contributed by atoms with van der Waals surface area (Å²) >= 11 is 0. The van der Waals surface area contributed by atoms with Crippen LogP contribution in [0.3, 0.4) is 0 Å². The number of benzene rings is 2. The van der Waals surface area contributed by atoms with Gasteiger partial charge in [0.25, 0.3) is 0 Å². The molecule has 0 radical (unpaired) electrons. The molecule has 8 nitrogen and oxygen atoms in total. The molecule has 2 fully saturated rings. The Balaban J connectivity index is 1.34. The molecule has 228 valence electrons. The van der Waals surface area contributed by atoms with Gasteiger partial charge in [-0.25, -0.2) is 0 Å². The molecule has 6 rings (SSSR count). The maximum atomic E-state index is 14.2. The average Bonchev–Trinajstić information content (AvgIpc) is 3.61. The van der Waals surface area contributed by atoms with Gasteiger partial charge in [-0.3, -0.25) is 19.1 Å². The Morgan fingerprint density at radius 2 is 1.16 bits per heavy atom. The second-order valence-electron chi connectivity index (χ2n) is 12.1. The normalized spacial score (nSPS) is 20.2. The van der Waals surface area contributed by atoms with Crippen LogP contribution < -0.4 is 9.47 Å². The van der Waals surface area contributed by atoms with E-state index in [4.69, 9.17) is 9.47 Å². The molecule has 2 bridgehead atoms. The van der Waals surface area contributed by atoms with Crippen molar-refractivity contribution in [1.82, 2.24) is 24.5 Å². The highest BCUT2D eigenvalue weighted by Crippen LogP contribution is 2.41. The fourth-order valence-corrected chi connectivity index (χ4v) is 6.86. The van der Waals surface area contributed by atoms with Crippen molar-refractivity contribution >= 4 is 17.9 Å². The summed E-state index contributed by atoms with van der Waals surface area (Å²) in [6, 6.07) is 16.6. The molecular weight excluding hydrogens is 550 g/mol. The van der Waals surface area contributed by atoms with Gasteiger partial charge in [-0.2, -0.15) is 10.2 Å². The van der Waals surface area contributed by atoms with Crippen molar-refractivity contribution in [1.29, 1.82) is 0 Å². The second kappa shape index (κ2) is 11.9. The van der Waals surface area contributed by atoms with Crippen LogP contribution in [0.25, 0.3) is 12.2 Å². The highest BCUT2D eigenvalue weighted by molar-refractivity contribution is 6.16. The maximum absolute atomic E-state index is 14.2. The Morgan fingerprint density at radius 3 is 1.52 bits per heavy atom. The number of hydrogen-bond donors (Lipinski definition) is 0. The third-order valence-electron chi connectivity index (χ3n) is 9.04. The molecule has 2 saturated heterocycles. The number of fused-ring (bicyclic) bond motifs is 2. The maximum Gasteiger partial charge on any atom is 0.188 e. The van der Waals surface area contributed by atoms with Crippen LogP contribution in [-0.2, 0) is 17.9 Å². The van der Waals surface area contributed by atoms with Gasteiger partial charge in [0.05, 0.1) is 38.7 Å². The minimum absolute atomic E-state index is 0.101. The van der Waals surface area contributed by atoms with E-state index >= 15 is 0 Å². The van der Waals surface area contributed by atoms with E-state index in [0.717, 1.165) is 80.5 Å². The van der Waals surface area contributed by atoms with Crippen molar-refractivity contribution in [3.63, 3.8) is 0 Å². The Hall–Kier alpha value is -4.43. The fraction of sp³-hybridized carbons (Fsp3) is 0.361. The second-order valence-corrected chi connectivity index (χ2v) is 12.1. The summed E-state index contributed by atoms with van der Waals surface area (Å²) in [7, 11) is 5.52. The molecular formula is C36H41N5O3. The quantitative estimate of drug-likeness (QED) is 0.236. The summed E-state index contributed by atoms with van der Waals surface area (Å²) in [6.07, 6.45) is 6.06. The van der Waals surface area contributed by atoms with Crippen molar-refractivity contribution in [3.05, 3.63) is 105 Å². The van der Waals surface area contributed by atoms with Crippen molar-refractivity contribution in [2.45, 2.75) is 65.7 Å². The van der Waals surface area contributed by atoms with Crippen LogP contribution in [0.15, 0.2) is 59.7 Å². The molecule has 2 aromatic carbocycles. The number of carbonyl (C=O) groups excluding carboxylic acids is 1. The average molecular weight is 592 g/mol. The van der Waals surface area contributed by atoms with Gasteiger partial charge >= 0.3 is 0 Å². The first-order valence-electron chi connectivity index (χ1n) is 15.2. The number of rotatable bonds is 8. The minimum Gasteiger partial charge on any atom is -0.496 e. The number of aromatic nitrogens is 4. The molecule has 2 aromatic heterocycles. The molecule has 2 aliphatic heterocycles. The largest absolute Gasteiger partial charge is 0.496 e. The van der Waals surface area contributed by atoms with E-state index in [-0.39, 0.29) is 17.9 Å². The number of ether oxygens (including phenoxy) is 2. The van der Waals surface area contributed by atoms with E-state index < -0.39 is 0 Å². The topological polar surface area (TPSA) is 74.4 Å². The molecule has 4 aromatic rings.